The van der Waals surface area contributed by atoms with Gasteiger partial charge in [-0.15, -0.1) is 0 Å². The summed E-state index contributed by atoms with van der Waals surface area (Å²) in [5.41, 5.74) is 0.582. The van der Waals surface area contributed by atoms with Gasteiger partial charge in [-0.2, -0.15) is 5.10 Å². The van der Waals surface area contributed by atoms with E-state index in [0.29, 0.717) is 22.2 Å². The Hall–Kier alpha value is -3.42. The maximum Gasteiger partial charge on any atom is 0.291 e. The molecule has 0 radical (unpaired) electrons. The molecule has 8 heteroatoms. The molecule has 3 heterocycles. The van der Waals surface area contributed by atoms with E-state index in [9.17, 15) is 14.0 Å². The molecule has 0 aliphatic rings. The Morgan fingerprint density at radius 3 is 2.85 bits per heavy atom. The molecule has 26 heavy (non-hydrogen) atoms. The largest absolute Gasteiger partial charge is 0.465 e. The lowest BCUT2D eigenvalue weighted by molar-refractivity contribution is -0.122. The molecule has 3 aromatic heterocycles. The number of furan rings is 1. The highest BCUT2D eigenvalue weighted by atomic mass is 19.1. The van der Waals surface area contributed by atoms with Crippen LogP contribution < -0.4 is 10.9 Å². The molecule has 0 unspecified atom stereocenters. The minimum atomic E-state index is -0.423. The van der Waals surface area contributed by atoms with Gasteiger partial charge in [0.15, 0.2) is 0 Å². The van der Waals surface area contributed by atoms with Gasteiger partial charge in [0.1, 0.15) is 35.7 Å². The highest BCUT2D eigenvalue weighted by Gasteiger charge is 2.12. The number of benzene rings is 1. The molecule has 4 rings (SSSR count). The molecular formula is C18H15FN4O3. The SMILES string of the molecule is Cc1ccc(CNC(=O)Cn2ncn3c(cc4cc(F)ccc43)c2=O)o1. The molecule has 4 aromatic rings. The average molecular weight is 354 g/mol. The van der Waals surface area contributed by atoms with E-state index < -0.39 is 5.56 Å². The van der Waals surface area contributed by atoms with E-state index in [-0.39, 0.29) is 24.8 Å². The van der Waals surface area contributed by atoms with Crippen LogP contribution in [0.3, 0.4) is 0 Å². The minimum Gasteiger partial charge on any atom is -0.465 e. The van der Waals surface area contributed by atoms with Crippen molar-refractivity contribution >= 4 is 22.3 Å². The van der Waals surface area contributed by atoms with Crippen molar-refractivity contribution in [3.05, 3.63) is 70.4 Å². The molecule has 132 valence electrons. The molecular weight excluding hydrogens is 339 g/mol. The molecule has 0 saturated carbocycles. The van der Waals surface area contributed by atoms with Gasteiger partial charge in [-0.05, 0) is 43.3 Å². The molecule has 0 saturated heterocycles. The van der Waals surface area contributed by atoms with E-state index in [1.807, 2.05) is 13.0 Å². The van der Waals surface area contributed by atoms with Gasteiger partial charge in [0, 0.05) is 5.39 Å². The number of halogens is 1. The normalized spacial score (nSPS) is 11.3. The number of hydrogen-bond donors (Lipinski definition) is 1. The first-order chi connectivity index (χ1) is 12.5. The van der Waals surface area contributed by atoms with Crippen molar-refractivity contribution in [1.29, 1.82) is 0 Å². The van der Waals surface area contributed by atoms with Crippen LogP contribution in [0.4, 0.5) is 4.39 Å². The predicted molar refractivity (Wildman–Crippen MR) is 92.2 cm³/mol. The second kappa shape index (κ2) is 6.14. The Morgan fingerprint density at radius 1 is 1.23 bits per heavy atom. The van der Waals surface area contributed by atoms with Crippen LogP contribution in [0.15, 0.2) is 51.9 Å². The van der Waals surface area contributed by atoms with Crippen LogP contribution in [0.2, 0.25) is 0 Å². The molecule has 1 amide bonds. The lowest BCUT2D eigenvalue weighted by Crippen LogP contribution is -2.33. The summed E-state index contributed by atoms with van der Waals surface area (Å²) >= 11 is 0. The first-order valence-corrected chi connectivity index (χ1v) is 8.00. The van der Waals surface area contributed by atoms with Gasteiger partial charge in [0.05, 0.1) is 12.1 Å². The molecule has 0 fully saturated rings. The fourth-order valence-electron chi connectivity index (χ4n) is 2.87. The first kappa shape index (κ1) is 16.1. The first-order valence-electron chi connectivity index (χ1n) is 8.00. The fourth-order valence-corrected chi connectivity index (χ4v) is 2.87. The number of nitrogens with one attached hydrogen (secondary N) is 1. The number of carbonyl (C=O) groups is 1. The standard InChI is InChI=1S/C18H15FN4O3/c1-11-2-4-14(26-11)8-20-17(24)9-23-18(25)16-7-12-6-13(19)3-5-15(12)22(16)10-21-23/h2-7,10H,8-9H2,1H3,(H,20,24). The summed E-state index contributed by atoms with van der Waals surface area (Å²) in [6, 6.07) is 9.43. The van der Waals surface area contributed by atoms with Crippen molar-refractivity contribution in [2.24, 2.45) is 0 Å². The number of hydrogen-bond acceptors (Lipinski definition) is 4. The van der Waals surface area contributed by atoms with Gasteiger partial charge >= 0.3 is 0 Å². The highest BCUT2D eigenvalue weighted by Crippen LogP contribution is 2.18. The zero-order valence-electron chi connectivity index (χ0n) is 13.9. The van der Waals surface area contributed by atoms with Crippen LogP contribution in [0.25, 0.3) is 16.4 Å². The van der Waals surface area contributed by atoms with Gasteiger partial charge in [-0.1, -0.05) is 0 Å². The maximum absolute atomic E-state index is 13.4. The van der Waals surface area contributed by atoms with E-state index in [1.54, 1.807) is 22.6 Å². The summed E-state index contributed by atoms with van der Waals surface area (Å²) in [6.07, 6.45) is 1.44. The quantitative estimate of drug-likeness (QED) is 0.608. The number of fused-ring (bicyclic) bond motifs is 3. The van der Waals surface area contributed by atoms with Crippen LogP contribution in [-0.4, -0.2) is 20.1 Å². The average Bonchev–Trinajstić information content (AvgIpc) is 3.19. The van der Waals surface area contributed by atoms with Gasteiger partial charge < -0.3 is 9.73 Å². The molecule has 7 nitrogen and oxygen atoms in total. The zero-order chi connectivity index (χ0) is 18.3. The molecule has 0 aliphatic heterocycles. The summed E-state index contributed by atoms with van der Waals surface area (Å²) in [7, 11) is 0. The van der Waals surface area contributed by atoms with Crippen LogP contribution in [0, 0.1) is 12.7 Å². The number of amides is 1. The predicted octanol–water partition coefficient (Wildman–Crippen LogP) is 2.01. The highest BCUT2D eigenvalue weighted by molar-refractivity contribution is 5.86. The summed E-state index contributed by atoms with van der Waals surface area (Å²) < 4.78 is 21.4. The lowest BCUT2D eigenvalue weighted by Gasteiger charge is -2.06. The van der Waals surface area contributed by atoms with Crippen molar-refractivity contribution in [2.75, 3.05) is 0 Å². The second-order valence-corrected chi connectivity index (χ2v) is 5.99. The minimum absolute atomic E-state index is 0.217. The third-order valence-corrected chi connectivity index (χ3v) is 4.11. The van der Waals surface area contributed by atoms with Crippen LogP contribution >= 0.6 is 0 Å². The van der Waals surface area contributed by atoms with E-state index in [4.69, 9.17) is 4.42 Å². The summed E-state index contributed by atoms with van der Waals surface area (Å²) in [5.74, 6) is 0.648. The van der Waals surface area contributed by atoms with E-state index in [2.05, 4.69) is 10.4 Å². The maximum atomic E-state index is 13.4. The molecule has 0 spiro atoms. The summed E-state index contributed by atoms with van der Waals surface area (Å²) in [4.78, 5) is 24.7. The lowest BCUT2D eigenvalue weighted by atomic mass is 10.2. The van der Waals surface area contributed by atoms with Crippen molar-refractivity contribution in [3.8, 4) is 0 Å². The Kier molecular flexibility index (Phi) is 3.80. The second-order valence-electron chi connectivity index (χ2n) is 5.99. The van der Waals surface area contributed by atoms with Crippen molar-refractivity contribution in [1.82, 2.24) is 19.5 Å². The number of nitrogens with zero attached hydrogens (tertiary/aromatic N) is 3. The molecule has 0 atom stereocenters. The van der Waals surface area contributed by atoms with Crippen LogP contribution in [0.5, 0.6) is 0 Å². The van der Waals surface area contributed by atoms with Crippen molar-refractivity contribution < 1.29 is 13.6 Å². The Labute approximate surface area is 146 Å². The van der Waals surface area contributed by atoms with Gasteiger partial charge in [0.2, 0.25) is 5.91 Å². The van der Waals surface area contributed by atoms with E-state index >= 15 is 0 Å². The number of aromatic nitrogens is 3. The number of carbonyl (C=O) groups excluding carboxylic acids is 1. The smallest absolute Gasteiger partial charge is 0.291 e. The third kappa shape index (κ3) is 2.85. The van der Waals surface area contributed by atoms with E-state index in [1.165, 1.54) is 18.5 Å². The Bertz CT molecular complexity index is 1190. The monoisotopic (exact) mass is 354 g/mol. The van der Waals surface area contributed by atoms with Crippen LogP contribution in [-0.2, 0) is 17.9 Å². The molecule has 0 aliphatic carbocycles. The van der Waals surface area contributed by atoms with Crippen LogP contribution in [0.1, 0.15) is 11.5 Å². The Morgan fingerprint density at radius 2 is 2.08 bits per heavy atom. The summed E-state index contributed by atoms with van der Waals surface area (Å²) in [5, 5.41) is 7.32. The fraction of sp³-hybridized carbons (Fsp3) is 0.167. The third-order valence-electron chi connectivity index (χ3n) is 4.11. The topological polar surface area (TPSA) is 81.5 Å². The molecule has 0 bridgehead atoms. The number of aryl methyl sites for hydroxylation is 1. The summed E-state index contributed by atoms with van der Waals surface area (Å²) in [6.45, 7) is 1.83. The van der Waals surface area contributed by atoms with Crippen molar-refractivity contribution in [2.45, 2.75) is 20.0 Å². The zero-order valence-corrected chi connectivity index (χ0v) is 13.9. The molecule has 1 aromatic carbocycles. The molecule has 1 N–H and O–H groups in total. The van der Waals surface area contributed by atoms with Gasteiger partial charge in [0.25, 0.3) is 5.56 Å². The van der Waals surface area contributed by atoms with Crippen molar-refractivity contribution in [3.63, 3.8) is 0 Å². The van der Waals surface area contributed by atoms with Gasteiger partial charge in [-0.25, -0.2) is 9.07 Å². The van der Waals surface area contributed by atoms with E-state index in [0.717, 1.165) is 10.4 Å². The van der Waals surface area contributed by atoms with Gasteiger partial charge in [-0.3, -0.25) is 14.0 Å². The number of rotatable bonds is 4. The Balaban J connectivity index is 1.58.